The molecule has 4 heteroatoms. The van der Waals surface area contributed by atoms with Crippen molar-refractivity contribution >= 4 is 5.78 Å². The van der Waals surface area contributed by atoms with Crippen molar-refractivity contribution in [2.75, 3.05) is 0 Å². The van der Waals surface area contributed by atoms with Gasteiger partial charge in [-0.1, -0.05) is 26.7 Å². The van der Waals surface area contributed by atoms with Gasteiger partial charge in [-0.2, -0.15) is 0 Å². The summed E-state index contributed by atoms with van der Waals surface area (Å²) in [5.74, 6) is 0.630. The lowest BCUT2D eigenvalue weighted by molar-refractivity contribution is -0.129. The summed E-state index contributed by atoms with van der Waals surface area (Å²) in [4.78, 5) is 15.9. The molecule has 1 aromatic rings. The number of imidazole rings is 1. The number of ketones is 1. The monoisotopic (exact) mass is 224 g/mol. The number of Topliss-reactive ketones (excluding diaryl/α,β-unsaturated/α-hetero) is 1. The molecule has 0 fully saturated rings. The lowest BCUT2D eigenvalue weighted by Crippen LogP contribution is -2.30. The molecule has 0 amide bonds. The van der Waals surface area contributed by atoms with Gasteiger partial charge in [0.15, 0.2) is 5.78 Å². The second kappa shape index (κ2) is 5.80. The van der Waals surface area contributed by atoms with Gasteiger partial charge in [-0.05, 0) is 5.92 Å². The van der Waals surface area contributed by atoms with Crippen LogP contribution in [-0.2, 0) is 18.3 Å². The minimum absolute atomic E-state index is 0.0627. The molecule has 0 saturated carbocycles. The summed E-state index contributed by atoms with van der Waals surface area (Å²) in [6.07, 6.45) is 4.46. The first-order valence-corrected chi connectivity index (χ1v) is 5.77. The molecule has 0 aromatic carbocycles. The highest BCUT2D eigenvalue weighted by Gasteiger charge is 2.24. The Kier molecular flexibility index (Phi) is 4.68. The van der Waals surface area contributed by atoms with Crippen molar-refractivity contribution in [1.29, 1.82) is 0 Å². The van der Waals surface area contributed by atoms with Gasteiger partial charge in [0.2, 0.25) is 0 Å². The highest BCUT2D eigenvalue weighted by Crippen LogP contribution is 2.15. The molecule has 4 nitrogen and oxygen atoms in total. The Morgan fingerprint density at radius 3 is 2.56 bits per heavy atom. The normalized spacial score (nSPS) is 13.1. The molecule has 1 unspecified atom stereocenters. The maximum atomic E-state index is 11.8. The molecule has 90 valence electrons. The Morgan fingerprint density at radius 2 is 2.12 bits per heavy atom. The largest absolute Gasteiger partial charge is 0.385 e. The Morgan fingerprint density at radius 1 is 1.50 bits per heavy atom. The van der Waals surface area contributed by atoms with E-state index in [-0.39, 0.29) is 18.1 Å². The fourth-order valence-electron chi connectivity index (χ4n) is 1.83. The second-order valence-corrected chi connectivity index (χ2v) is 4.12. The van der Waals surface area contributed by atoms with E-state index >= 15 is 0 Å². The molecular formula is C12H20N2O2. The van der Waals surface area contributed by atoms with Crippen molar-refractivity contribution in [3.05, 3.63) is 18.2 Å². The van der Waals surface area contributed by atoms with Gasteiger partial charge in [-0.25, -0.2) is 4.98 Å². The van der Waals surface area contributed by atoms with E-state index in [4.69, 9.17) is 0 Å². The van der Waals surface area contributed by atoms with Crippen LogP contribution in [0.25, 0.3) is 0 Å². The standard InChI is InChI=1S/C12H20N2O2/c1-4-9(5-2)12(16)10(15)8-11-13-6-7-14(11)3/h6-7,9,12,16H,4-5,8H2,1-3H3. The highest BCUT2D eigenvalue weighted by molar-refractivity contribution is 5.84. The van der Waals surface area contributed by atoms with E-state index in [9.17, 15) is 9.90 Å². The van der Waals surface area contributed by atoms with Crippen molar-refractivity contribution in [1.82, 2.24) is 9.55 Å². The molecule has 0 spiro atoms. The third-order valence-electron chi connectivity index (χ3n) is 3.08. The summed E-state index contributed by atoms with van der Waals surface area (Å²) in [6, 6.07) is 0. The number of rotatable bonds is 6. The lowest BCUT2D eigenvalue weighted by atomic mass is 9.92. The summed E-state index contributed by atoms with van der Waals surface area (Å²) in [5, 5.41) is 9.88. The number of carbonyl (C=O) groups excluding carboxylic acids is 1. The van der Waals surface area contributed by atoms with Crippen molar-refractivity contribution in [2.24, 2.45) is 13.0 Å². The molecule has 0 bridgehead atoms. The van der Waals surface area contributed by atoms with E-state index in [1.165, 1.54) is 0 Å². The van der Waals surface area contributed by atoms with Crippen LogP contribution in [0.15, 0.2) is 12.4 Å². The number of hydrogen-bond donors (Lipinski definition) is 1. The predicted octanol–water partition coefficient (Wildman–Crippen LogP) is 1.33. The van der Waals surface area contributed by atoms with Crippen LogP contribution in [0.2, 0.25) is 0 Å². The Labute approximate surface area is 96.3 Å². The van der Waals surface area contributed by atoms with Gasteiger partial charge in [-0.15, -0.1) is 0 Å². The van der Waals surface area contributed by atoms with Crippen molar-refractivity contribution < 1.29 is 9.90 Å². The molecule has 16 heavy (non-hydrogen) atoms. The summed E-state index contributed by atoms with van der Waals surface area (Å²) in [7, 11) is 1.85. The minimum atomic E-state index is -0.855. The molecule has 0 aliphatic rings. The van der Waals surface area contributed by atoms with Gasteiger partial charge in [0.25, 0.3) is 0 Å². The molecule has 0 radical (unpaired) electrons. The first-order chi connectivity index (χ1) is 7.60. The summed E-state index contributed by atoms with van der Waals surface area (Å²) < 4.78 is 1.80. The molecule has 1 heterocycles. The quantitative estimate of drug-likeness (QED) is 0.793. The van der Waals surface area contributed by atoms with Crippen LogP contribution in [0, 0.1) is 5.92 Å². The molecule has 1 N–H and O–H groups in total. The zero-order valence-electron chi connectivity index (χ0n) is 10.2. The summed E-state index contributed by atoms with van der Waals surface area (Å²) in [5.41, 5.74) is 0. The van der Waals surface area contributed by atoms with Crippen LogP contribution >= 0.6 is 0 Å². The van der Waals surface area contributed by atoms with Gasteiger partial charge in [0.1, 0.15) is 11.9 Å². The van der Waals surface area contributed by atoms with Crippen LogP contribution in [0.5, 0.6) is 0 Å². The predicted molar refractivity (Wildman–Crippen MR) is 62.0 cm³/mol. The second-order valence-electron chi connectivity index (χ2n) is 4.12. The number of aromatic nitrogens is 2. The third-order valence-corrected chi connectivity index (χ3v) is 3.08. The fraction of sp³-hybridized carbons (Fsp3) is 0.667. The van der Waals surface area contributed by atoms with E-state index in [2.05, 4.69) is 4.98 Å². The van der Waals surface area contributed by atoms with Crippen LogP contribution in [0.4, 0.5) is 0 Å². The van der Waals surface area contributed by atoms with Crippen LogP contribution < -0.4 is 0 Å². The average molecular weight is 224 g/mol. The maximum Gasteiger partial charge on any atom is 0.169 e. The van der Waals surface area contributed by atoms with Gasteiger partial charge in [-0.3, -0.25) is 4.79 Å². The van der Waals surface area contributed by atoms with Gasteiger partial charge in [0.05, 0.1) is 6.42 Å². The molecule has 1 rings (SSSR count). The van der Waals surface area contributed by atoms with Crippen LogP contribution in [0.3, 0.4) is 0 Å². The zero-order valence-corrected chi connectivity index (χ0v) is 10.2. The van der Waals surface area contributed by atoms with Crippen LogP contribution in [-0.4, -0.2) is 26.5 Å². The van der Waals surface area contributed by atoms with E-state index in [0.29, 0.717) is 5.82 Å². The summed E-state index contributed by atoms with van der Waals surface area (Å²) in [6.45, 7) is 3.98. The first kappa shape index (κ1) is 12.9. The first-order valence-electron chi connectivity index (χ1n) is 5.77. The zero-order chi connectivity index (χ0) is 12.1. The number of aryl methyl sites for hydroxylation is 1. The Bertz CT molecular complexity index is 343. The fourth-order valence-corrected chi connectivity index (χ4v) is 1.83. The topological polar surface area (TPSA) is 55.1 Å². The number of nitrogens with zero attached hydrogens (tertiary/aromatic N) is 2. The number of hydrogen-bond acceptors (Lipinski definition) is 3. The van der Waals surface area contributed by atoms with E-state index in [1.54, 1.807) is 17.0 Å². The van der Waals surface area contributed by atoms with Crippen molar-refractivity contribution in [2.45, 2.75) is 39.2 Å². The smallest absolute Gasteiger partial charge is 0.169 e. The van der Waals surface area contributed by atoms with Crippen LogP contribution in [0.1, 0.15) is 32.5 Å². The Balaban J connectivity index is 2.62. The number of carbonyl (C=O) groups is 1. The molecule has 0 aliphatic heterocycles. The summed E-state index contributed by atoms with van der Waals surface area (Å²) >= 11 is 0. The minimum Gasteiger partial charge on any atom is -0.385 e. The van der Waals surface area contributed by atoms with Gasteiger partial charge < -0.3 is 9.67 Å². The highest BCUT2D eigenvalue weighted by atomic mass is 16.3. The number of aliphatic hydroxyl groups excluding tert-OH is 1. The SMILES string of the molecule is CCC(CC)C(O)C(=O)Cc1nccn1C. The van der Waals surface area contributed by atoms with Crippen molar-refractivity contribution in [3.63, 3.8) is 0 Å². The van der Waals surface area contributed by atoms with Gasteiger partial charge >= 0.3 is 0 Å². The van der Waals surface area contributed by atoms with E-state index in [1.807, 2.05) is 20.9 Å². The van der Waals surface area contributed by atoms with Crippen molar-refractivity contribution in [3.8, 4) is 0 Å². The average Bonchev–Trinajstić information content (AvgIpc) is 2.66. The van der Waals surface area contributed by atoms with Gasteiger partial charge in [0, 0.05) is 19.4 Å². The van der Waals surface area contributed by atoms with E-state index < -0.39 is 6.10 Å². The Hall–Kier alpha value is -1.16. The molecule has 1 atom stereocenters. The van der Waals surface area contributed by atoms with E-state index in [0.717, 1.165) is 12.8 Å². The molecule has 0 aliphatic carbocycles. The molecule has 1 aromatic heterocycles. The third kappa shape index (κ3) is 2.92. The number of aliphatic hydroxyl groups is 1. The molecular weight excluding hydrogens is 204 g/mol. The molecule has 0 saturated heterocycles. The maximum absolute atomic E-state index is 11.8. The lowest BCUT2D eigenvalue weighted by Gasteiger charge is -2.18.